The van der Waals surface area contributed by atoms with Gasteiger partial charge in [-0.2, -0.15) is 23.2 Å². The molecule has 2 atom stereocenters. The Morgan fingerprint density at radius 1 is 0.510 bits per heavy atom. The molecule has 0 aliphatic carbocycles. The molecule has 7 aromatic carbocycles. The number of hydrogen-bond donors (Lipinski definition) is 8. The van der Waals surface area contributed by atoms with E-state index in [4.69, 9.17) is 63.7 Å². The smallest absolute Gasteiger partial charge is 0.407 e. The predicted molar refractivity (Wildman–Crippen MR) is 587 cm³/mol. The Kier molecular flexibility index (Phi) is 43.2. The Morgan fingerprint density at radius 3 is 1.30 bits per heavy atom. The van der Waals surface area contributed by atoms with Crippen LogP contribution in [0.25, 0.3) is 122 Å². The zero-order valence-corrected chi connectivity index (χ0v) is 88.2. The number of nitriles is 2. The molecule has 0 spiro atoms. The van der Waals surface area contributed by atoms with Crippen LogP contribution in [0, 0.1) is 45.3 Å². The first-order chi connectivity index (χ1) is 69.6. The maximum Gasteiger partial charge on any atom is 0.407 e. The van der Waals surface area contributed by atoms with Crippen LogP contribution in [0.5, 0.6) is 0 Å². The van der Waals surface area contributed by atoms with Gasteiger partial charge < -0.3 is 76.9 Å². The van der Waals surface area contributed by atoms with Crippen LogP contribution in [0.15, 0.2) is 228 Å². The molecular formula is C104H102Br2N18O16S5. The van der Waals surface area contributed by atoms with E-state index in [0.29, 0.717) is 67.6 Å². The minimum Gasteiger partial charge on any atom is -0.468 e. The Morgan fingerprint density at radius 2 is 0.890 bits per heavy atom. The molecule has 18 rings (SSSR count). The summed E-state index contributed by atoms with van der Waals surface area (Å²) in [5, 5.41) is 48.0. The number of ether oxygens (including phenoxy) is 7. The summed E-state index contributed by atoms with van der Waals surface area (Å²) >= 11 is 16.1. The number of fused-ring (bicyclic) bond motifs is 15. The molecule has 1 amide bonds. The lowest BCUT2D eigenvalue weighted by Gasteiger charge is -2.21. The van der Waals surface area contributed by atoms with Crippen molar-refractivity contribution in [3.63, 3.8) is 0 Å². The fraction of sp³-hybridized carbons (Fsp3) is 0.221. The topological polar surface area (TPSA) is 510 Å². The highest BCUT2D eigenvalue weighted by atomic mass is 79.9. The number of carbonyl (C=O) groups is 7. The van der Waals surface area contributed by atoms with Gasteiger partial charge in [0.25, 0.3) is 5.69 Å². The number of halogens is 2. The molecule has 11 N–H and O–H groups in total. The molecule has 0 aliphatic heterocycles. The van der Waals surface area contributed by atoms with E-state index in [1.54, 1.807) is 80.6 Å². The number of nitro groups is 1. The van der Waals surface area contributed by atoms with Gasteiger partial charge in [-0.05, 0) is 213 Å². The zero-order chi connectivity index (χ0) is 106. The molecule has 0 aliphatic rings. The zero-order valence-electron chi connectivity index (χ0n) is 80.9. The average molecular weight is 2180 g/mol. The Labute approximate surface area is 871 Å². The summed E-state index contributed by atoms with van der Waals surface area (Å²) in [5.41, 5.74) is 32.3. The van der Waals surface area contributed by atoms with E-state index in [-0.39, 0.29) is 53.9 Å². The first-order valence-electron chi connectivity index (χ1n) is 44.1. The maximum absolute atomic E-state index is 12.1. The van der Waals surface area contributed by atoms with Gasteiger partial charge in [0.2, 0.25) is 0 Å². The number of nitro benzene ring substituents is 1. The number of thiophene rings is 4. The number of benzene rings is 7. The van der Waals surface area contributed by atoms with Crippen LogP contribution in [0.2, 0.25) is 0 Å². The third-order valence-electron chi connectivity index (χ3n) is 20.1. The van der Waals surface area contributed by atoms with Gasteiger partial charge in [-0.1, -0.05) is 44.2 Å². The summed E-state index contributed by atoms with van der Waals surface area (Å²) in [6.45, 7) is 23.4. The second-order valence-corrected chi connectivity index (χ2v) is 38.1. The number of pyridine rings is 7. The quantitative estimate of drug-likeness (QED) is 0.00847. The van der Waals surface area contributed by atoms with Gasteiger partial charge in [-0.25, -0.2) is 35.3 Å². The largest absolute Gasteiger partial charge is 0.468 e. The highest BCUT2D eigenvalue weighted by Gasteiger charge is 2.26. The van der Waals surface area contributed by atoms with E-state index in [1.807, 2.05) is 168 Å². The summed E-state index contributed by atoms with van der Waals surface area (Å²) in [4.78, 5) is 123. The summed E-state index contributed by atoms with van der Waals surface area (Å²) in [5.74, 6) is -1.45. The van der Waals surface area contributed by atoms with Crippen molar-refractivity contribution in [2.75, 3.05) is 96.2 Å². The molecule has 11 heterocycles. The Bertz CT molecular complexity index is 7460. The van der Waals surface area contributed by atoms with Crippen molar-refractivity contribution in [2.24, 2.45) is 17.4 Å². The van der Waals surface area contributed by atoms with E-state index in [0.717, 1.165) is 144 Å². The number of nitrogens with one attached hydrogen (secondary N) is 3. The first kappa shape index (κ1) is 113. The number of hydrogen-bond acceptors (Lipinski definition) is 36. The van der Waals surface area contributed by atoms with E-state index >= 15 is 0 Å². The molecule has 0 bridgehead atoms. The van der Waals surface area contributed by atoms with E-state index < -0.39 is 28.6 Å². The molecule has 18 aromatic rings. The fourth-order valence-corrected chi connectivity index (χ4v) is 19.3. The standard InChI is InChI=1S/C17H18N2O2S.C16H17N3O2S.C13H8BrNO2S.C13H10N2O2S.C10H5BrN2.C10H7N3.C9H6N2O2.C8H18N2O2.C5H7NO2.C3H6O2S/c1-10(2)9-19-15-14-11-5-4-8-18-12(11)6-7-13(14)22-16(15)17(20)21-3;1-9(17)8-19-14-13-10-4-3-7-18-11(10)5-6-12(13)22-15(14)16(20)21-2;2*1-17-13(16)12-11(14)10-7-3-2-6-15-8(7)4-5-9(10)18-12;11-9-3-4-10-7(8(9)6-12)2-1-5-13-10;11-6-8-7-2-1-5-13-10(7)4-3-9(8)12;12-11(13)8-3-4-9-7(6-8)2-1-5-10-9;1-6(5-9)10-7(11)12-8(2,3)4;1-3-8-5(7)4-6-2;1-5-3(4)2-6/h4-8,10,19H,9H2,1-3H3;3-7,9,19H,8,17H2,1-2H3;2-6H,1H3;2-6H,14H2,1H3;1-5H;1-5H,12H2;1-6H;6H,5,9H2,1-4H3,(H,10,11);3-4H2,1H3;6H,2H2,1H3/t;9-;;;;;;6-;;/m.1.....1../s1. The van der Waals surface area contributed by atoms with Gasteiger partial charge in [0.1, 0.15) is 37.2 Å². The minimum absolute atomic E-state index is 0.0199. The molecule has 145 heavy (non-hydrogen) atoms. The number of rotatable bonds is 16. The number of non-ortho nitro benzene ring substituents is 1. The van der Waals surface area contributed by atoms with Gasteiger partial charge in [-0.15, -0.1) is 45.3 Å². The number of nitrogens with zero attached hydrogens (tertiary/aromatic N) is 11. The number of alkyl carbamates (subject to hydrolysis) is 1. The Balaban J connectivity index is 0.000000183. The van der Waals surface area contributed by atoms with Gasteiger partial charge in [-0.3, -0.25) is 49.8 Å². The fourth-order valence-electron chi connectivity index (χ4n) is 13.4. The second-order valence-electron chi connectivity index (χ2n) is 31.9. The number of esters is 6. The van der Waals surface area contributed by atoms with Crippen molar-refractivity contribution >= 4 is 277 Å². The maximum atomic E-state index is 12.1. The highest BCUT2D eigenvalue weighted by Crippen LogP contribution is 2.45. The van der Waals surface area contributed by atoms with Crippen LogP contribution < -0.4 is 38.9 Å². The number of methoxy groups -OCH3 is 5. The van der Waals surface area contributed by atoms with Crippen molar-refractivity contribution in [1.82, 2.24) is 40.2 Å². The third kappa shape index (κ3) is 30.6. The SMILES string of the molecule is COC(=O)CS.COC(=O)c1sc2ccc3ncccc3c2c1Br.COC(=O)c1sc2ccc3ncccc3c2c1N.COC(=O)c1sc2ccc3ncccc3c2c1NCC(C)C.COC(=O)c1sc2ccc3ncccc3c2c1NC[C@@H](C)N.C[C@H](CN)NC(=O)OC(C)(C)C.N#Cc1c(Br)ccc2ncccc12.N#Cc1c(N)ccc2ncccc12.O=[N+]([O-])c1ccc2ncccc2c1.[C-]#[N+]CC(=O)OCC. The summed E-state index contributed by atoms with van der Waals surface area (Å²) in [6.07, 6.45) is 11.7. The normalized spacial score (nSPS) is 10.9. The summed E-state index contributed by atoms with van der Waals surface area (Å²) in [6, 6.07) is 58.3. The number of carbonyl (C=O) groups excluding carboxylic acids is 7. The first-order valence-corrected chi connectivity index (χ1v) is 49.6. The minimum atomic E-state index is -0.446. The molecule has 0 fully saturated rings. The van der Waals surface area contributed by atoms with Crippen molar-refractivity contribution in [3.05, 3.63) is 280 Å². The van der Waals surface area contributed by atoms with Crippen LogP contribution in [-0.2, 0) is 42.7 Å². The number of nitrogen functional groups attached to an aromatic ring is 2. The van der Waals surface area contributed by atoms with Gasteiger partial charge in [0.05, 0.1) is 130 Å². The lowest BCUT2D eigenvalue weighted by Crippen LogP contribution is -2.41. The van der Waals surface area contributed by atoms with E-state index in [1.165, 1.54) is 93.0 Å². The molecular weight excluding hydrogens is 2080 g/mol. The van der Waals surface area contributed by atoms with Crippen molar-refractivity contribution < 1.29 is 71.6 Å². The molecule has 0 radical (unpaired) electrons. The van der Waals surface area contributed by atoms with Gasteiger partial charge in [0.15, 0.2) is 0 Å². The van der Waals surface area contributed by atoms with Crippen molar-refractivity contribution in [2.45, 2.75) is 73.1 Å². The van der Waals surface area contributed by atoms with Gasteiger partial charge >= 0.3 is 48.5 Å². The highest BCUT2D eigenvalue weighted by molar-refractivity contribution is 9.11. The number of nitrogens with two attached hydrogens (primary N) is 4. The number of aromatic nitrogens is 7. The van der Waals surface area contributed by atoms with Crippen LogP contribution in [0.4, 0.5) is 33.2 Å². The average Bonchev–Trinajstić information content (AvgIpc) is 1.62. The third-order valence-corrected chi connectivity index (χ3v) is 26.6. The van der Waals surface area contributed by atoms with Crippen molar-refractivity contribution in [1.29, 1.82) is 10.5 Å². The number of amides is 1. The molecule has 0 saturated carbocycles. The Hall–Kier alpha value is -15.4. The second kappa shape index (κ2) is 55.3. The van der Waals surface area contributed by atoms with Crippen LogP contribution >= 0.6 is 89.8 Å². The molecule has 11 aromatic heterocycles. The van der Waals surface area contributed by atoms with Crippen LogP contribution in [-0.4, -0.2) is 173 Å². The summed E-state index contributed by atoms with van der Waals surface area (Å²) < 4.78 is 38.7. The monoisotopic (exact) mass is 2180 g/mol. The summed E-state index contributed by atoms with van der Waals surface area (Å²) in [7, 11) is 6.88. The molecule has 34 nitrogen and oxygen atoms in total. The lowest BCUT2D eigenvalue weighted by molar-refractivity contribution is -0.384. The number of anilines is 4. The van der Waals surface area contributed by atoms with Crippen LogP contribution in [0.1, 0.15) is 105 Å². The molecule has 0 saturated heterocycles. The van der Waals surface area contributed by atoms with Gasteiger partial charge in [0, 0.05) is 170 Å². The molecule has 0 unspecified atom stereocenters. The van der Waals surface area contributed by atoms with Crippen LogP contribution in [0.3, 0.4) is 0 Å². The van der Waals surface area contributed by atoms with Crippen molar-refractivity contribution in [3.8, 4) is 12.1 Å². The van der Waals surface area contributed by atoms with E-state index in [9.17, 15) is 43.7 Å². The van der Waals surface area contributed by atoms with E-state index in [2.05, 4.69) is 136 Å². The molecule has 41 heteroatoms. The predicted octanol–water partition coefficient (Wildman–Crippen LogP) is 22.2. The number of thiol groups is 1. The lowest BCUT2D eigenvalue weighted by atomic mass is 10.1. The molecule has 748 valence electrons.